The second kappa shape index (κ2) is 2.47. The molecule has 0 atom stereocenters. The third kappa shape index (κ3) is 1.31. The number of rotatable bonds is 1. The van der Waals surface area contributed by atoms with E-state index in [-0.39, 0.29) is 0 Å². The van der Waals surface area contributed by atoms with Gasteiger partial charge in [-0.05, 0) is 6.92 Å². The number of aromatic nitrogens is 2. The third-order valence-corrected chi connectivity index (χ3v) is 1.11. The second-order valence-electron chi connectivity index (χ2n) is 2.07. The molecule has 0 radical (unpaired) electrons. The molecule has 3 nitrogen and oxygen atoms in total. The van der Waals surface area contributed by atoms with Gasteiger partial charge in [-0.25, -0.2) is 0 Å². The molecule has 0 fully saturated rings. The van der Waals surface area contributed by atoms with Crippen LogP contribution in [0.5, 0.6) is 0 Å². The quantitative estimate of drug-likeness (QED) is 0.617. The van der Waals surface area contributed by atoms with Gasteiger partial charge in [0.1, 0.15) is 5.69 Å². The SMILES string of the molecule is C=C(N)c1cnc(C)cn1. The summed E-state index contributed by atoms with van der Waals surface area (Å²) >= 11 is 0. The van der Waals surface area contributed by atoms with Crippen molar-refractivity contribution < 1.29 is 0 Å². The van der Waals surface area contributed by atoms with E-state index in [9.17, 15) is 0 Å². The summed E-state index contributed by atoms with van der Waals surface area (Å²) in [6.45, 7) is 5.40. The topological polar surface area (TPSA) is 51.8 Å². The lowest BCUT2D eigenvalue weighted by molar-refractivity contribution is 1.09. The van der Waals surface area contributed by atoms with Crippen LogP contribution in [0.2, 0.25) is 0 Å². The van der Waals surface area contributed by atoms with Gasteiger partial charge in [-0.2, -0.15) is 0 Å². The summed E-state index contributed by atoms with van der Waals surface area (Å²) in [6, 6.07) is 0. The molecule has 0 aliphatic rings. The first-order valence-corrected chi connectivity index (χ1v) is 2.93. The monoisotopic (exact) mass is 135 g/mol. The van der Waals surface area contributed by atoms with Crippen molar-refractivity contribution in [3.63, 3.8) is 0 Å². The molecular formula is C7H9N3. The molecule has 0 aliphatic heterocycles. The van der Waals surface area contributed by atoms with E-state index < -0.39 is 0 Å². The molecule has 0 amide bonds. The molecule has 0 spiro atoms. The highest BCUT2D eigenvalue weighted by Crippen LogP contribution is 1.99. The number of nitrogens with two attached hydrogens (primary N) is 1. The highest BCUT2D eigenvalue weighted by molar-refractivity contribution is 5.55. The van der Waals surface area contributed by atoms with E-state index in [2.05, 4.69) is 16.5 Å². The molecule has 0 bridgehead atoms. The van der Waals surface area contributed by atoms with Crippen LogP contribution in [0, 0.1) is 6.92 Å². The Morgan fingerprint density at radius 1 is 1.50 bits per heavy atom. The summed E-state index contributed by atoms with van der Waals surface area (Å²) in [6.07, 6.45) is 3.27. The predicted octanol–water partition coefficient (Wildman–Crippen LogP) is 0.714. The van der Waals surface area contributed by atoms with Crippen LogP contribution >= 0.6 is 0 Å². The molecule has 0 aliphatic carbocycles. The first-order valence-electron chi connectivity index (χ1n) is 2.93. The highest BCUT2D eigenvalue weighted by Gasteiger charge is 1.93. The number of aryl methyl sites for hydroxylation is 1. The van der Waals surface area contributed by atoms with Crippen molar-refractivity contribution >= 4 is 5.70 Å². The van der Waals surface area contributed by atoms with Gasteiger partial charge in [-0.1, -0.05) is 6.58 Å². The number of hydrogen-bond acceptors (Lipinski definition) is 3. The van der Waals surface area contributed by atoms with Crippen molar-refractivity contribution in [1.29, 1.82) is 0 Å². The molecule has 3 heteroatoms. The van der Waals surface area contributed by atoms with E-state index in [0.29, 0.717) is 11.4 Å². The van der Waals surface area contributed by atoms with Gasteiger partial charge < -0.3 is 5.73 Å². The summed E-state index contributed by atoms with van der Waals surface area (Å²) in [7, 11) is 0. The van der Waals surface area contributed by atoms with Gasteiger partial charge in [0, 0.05) is 6.20 Å². The van der Waals surface area contributed by atoms with Crippen LogP contribution in [0.25, 0.3) is 5.70 Å². The minimum Gasteiger partial charge on any atom is -0.397 e. The number of hydrogen-bond donors (Lipinski definition) is 1. The van der Waals surface area contributed by atoms with Crippen molar-refractivity contribution in [1.82, 2.24) is 9.97 Å². The van der Waals surface area contributed by atoms with E-state index in [1.807, 2.05) is 6.92 Å². The van der Waals surface area contributed by atoms with Crippen molar-refractivity contribution in [3.8, 4) is 0 Å². The first kappa shape index (κ1) is 6.74. The van der Waals surface area contributed by atoms with E-state index in [1.165, 1.54) is 0 Å². The molecular weight excluding hydrogens is 126 g/mol. The van der Waals surface area contributed by atoms with Gasteiger partial charge in [0.25, 0.3) is 0 Å². The van der Waals surface area contributed by atoms with Crippen molar-refractivity contribution in [2.24, 2.45) is 5.73 Å². The Kier molecular flexibility index (Phi) is 1.67. The van der Waals surface area contributed by atoms with Crippen LogP contribution in [0.3, 0.4) is 0 Å². The zero-order valence-corrected chi connectivity index (χ0v) is 5.83. The molecule has 0 saturated heterocycles. The summed E-state index contributed by atoms with van der Waals surface area (Å²) in [5.41, 5.74) is 7.34. The van der Waals surface area contributed by atoms with Gasteiger partial charge in [0.2, 0.25) is 0 Å². The Balaban J connectivity index is 3.00. The van der Waals surface area contributed by atoms with Crippen LogP contribution < -0.4 is 5.73 Å². The lowest BCUT2D eigenvalue weighted by atomic mass is 10.3. The maximum absolute atomic E-state index is 5.37. The summed E-state index contributed by atoms with van der Waals surface area (Å²) in [5.74, 6) is 0. The van der Waals surface area contributed by atoms with E-state index in [0.717, 1.165) is 5.69 Å². The molecule has 2 N–H and O–H groups in total. The average molecular weight is 135 g/mol. The zero-order chi connectivity index (χ0) is 7.56. The molecule has 0 unspecified atom stereocenters. The lowest BCUT2D eigenvalue weighted by Gasteiger charge is -1.96. The third-order valence-electron chi connectivity index (χ3n) is 1.11. The standard InChI is InChI=1S/C7H9N3/c1-5-3-10-7(4-9-5)6(2)8/h3-4H,2,8H2,1H3. The summed E-state index contributed by atoms with van der Waals surface area (Å²) in [5, 5.41) is 0. The van der Waals surface area contributed by atoms with Crippen LogP contribution in [0.15, 0.2) is 19.0 Å². The Bertz CT molecular complexity index is 238. The van der Waals surface area contributed by atoms with Crippen LogP contribution in [0.1, 0.15) is 11.4 Å². The highest BCUT2D eigenvalue weighted by atomic mass is 14.8. The fourth-order valence-corrected chi connectivity index (χ4v) is 0.558. The van der Waals surface area contributed by atoms with Gasteiger partial charge >= 0.3 is 0 Å². The van der Waals surface area contributed by atoms with Gasteiger partial charge in [0.15, 0.2) is 0 Å². The predicted molar refractivity (Wildman–Crippen MR) is 40.0 cm³/mol. The number of nitrogens with zero attached hydrogens (tertiary/aromatic N) is 2. The van der Waals surface area contributed by atoms with Crippen molar-refractivity contribution in [2.75, 3.05) is 0 Å². The fourth-order valence-electron chi connectivity index (χ4n) is 0.558. The van der Waals surface area contributed by atoms with Crippen LogP contribution in [-0.2, 0) is 0 Å². The zero-order valence-electron chi connectivity index (χ0n) is 5.83. The van der Waals surface area contributed by atoms with Crippen LogP contribution in [0.4, 0.5) is 0 Å². The Morgan fingerprint density at radius 2 is 2.20 bits per heavy atom. The van der Waals surface area contributed by atoms with Crippen molar-refractivity contribution in [2.45, 2.75) is 6.92 Å². The first-order chi connectivity index (χ1) is 4.70. The second-order valence-corrected chi connectivity index (χ2v) is 2.07. The van der Waals surface area contributed by atoms with E-state index in [4.69, 9.17) is 5.73 Å². The fraction of sp³-hybridized carbons (Fsp3) is 0.143. The molecule has 10 heavy (non-hydrogen) atoms. The maximum atomic E-state index is 5.37. The van der Waals surface area contributed by atoms with Gasteiger partial charge in [-0.3, -0.25) is 9.97 Å². The molecule has 0 saturated carbocycles. The Morgan fingerprint density at radius 3 is 2.60 bits per heavy atom. The normalized spacial score (nSPS) is 9.30. The molecule has 0 aromatic carbocycles. The smallest absolute Gasteiger partial charge is 0.104 e. The molecule has 1 aromatic heterocycles. The molecule has 1 heterocycles. The van der Waals surface area contributed by atoms with Gasteiger partial charge in [-0.15, -0.1) is 0 Å². The van der Waals surface area contributed by atoms with E-state index >= 15 is 0 Å². The Hall–Kier alpha value is -1.38. The Labute approximate surface area is 59.6 Å². The maximum Gasteiger partial charge on any atom is 0.104 e. The molecule has 52 valence electrons. The molecule has 1 rings (SSSR count). The average Bonchev–Trinajstić information content (AvgIpc) is 1.88. The summed E-state index contributed by atoms with van der Waals surface area (Å²) in [4.78, 5) is 7.99. The molecule has 1 aromatic rings. The minimum atomic E-state index is 0.451. The van der Waals surface area contributed by atoms with Crippen LogP contribution in [-0.4, -0.2) is 9.97 Å². The summed E-state index contributed by atoms with van der Waals surface area (Å²) < 4.78 is 0. The van der Waals surface area contributed by atoms with Crippen molar-refractivity contribution in [3.05, 3.63) is 30.4 Å². The largest absolute Gasteiger partial charge is 0.397 e. The lowest BCUT2D eigenvalue weighted by Crippen LogP contribution is -1.98. The van der Waals surface area contributed by atoms with Gasteiger partial charge in [0.05, 0.1) is 17.6 Å². The minimum absolute atomic E-state index is 0.451. The van der Waals surface area contributed by atoms with E-state index in [1.54, 1.807) is 12.4 Å².